The number of benzene rings is 2. The lowest BCUT2D eigenvalue weighted by Crippen LogP contribution is -2.49. The average molecular weight is 385 g/mol. The number of nitrogens with zero attached hydrogens (tertiary/aromatic N) is 2. The standard InChI is InChI=1S/C23H32N2O3/c1-3-23(19-7-5-4-6-8-19)28-18-21(26)17-24-13-15-25(16-14-24)20-9-11-22(27-2)12-10-20/h4-12,21,23,26H,3,13-18H2,1-2H3/t21-,23+/m0/s1. The molecule has 28 heavy (non-hydrogen) atoms. The normalized spacial score (nSPS) is 17.3. The van der Waals surface area contributed by atoms with Crippen LogP contribution in [0.15, 0.2) is 54.6 Å². The molecule has 1 heterocycles. The van der Waals surface area contributed by atoms with Crippen molar-refractivity contribution < 1.29 is 14.6 Å². The van der Waals surface area contributed by atoms with E-state index in [9.17, 15) is 5.11 Å². The van der Waals surface area contributed by atoms with Crippen molar-refractivity contribution in [1.29, 1.82) is 0 Å². The van der Waals surface area contributed by atoms with Gasteiger partial charge >= 0.3 is 0 Å². The van der Waals surface area contributed by atoms with Gasteiger partial charge in [-0.1, -0.05) is 37.3 Å². The number of anilines is 1. The Hall–Kier alpha value is -2.08. The van der Waals surface area contributed by atoms with Crippen molar-refractivity contribution in [2.45, 2.75) is 25.6 Å². The molecule has 3 rings (SSSR count). The maximum Gasteiger partial charge on any atom is 0.119 e. The van der Waals surface area contributed by atoms with E-state index < -0.39 is 6.10 Å². The van der Waals surface area contributed by atoms with Gasteiger partial charge in [-0.2, -0.15) is 0 Å². The first-order valence-electron chi connectivity index (χ1n) is 10.2. The molecule has 1 saturated heterocycles. The van der Waals surface area contributed by atoms with Gasteiger partial charge in [-0.3, -0.25) is 4.90 Å². The van der Waals surface area contributed by atoms with Gasteiger partial charge in [0.2, 0.25) is 0 Å². The number of β-amino-alcohol motifs (C(OH)–C–C–N with tert-alkyl or cyclic N) is 1. The van der Waals surface area contributed by atoms with Crippen LogP contribution in [0.4, 0.5) is 5.69 Å². The number of hydrogen-bond donors (Lipinski definition) is 1. The van der Waals surface area contributed by atoms with E-state index in [0.29, 0.717) is 13.2 Å². The highest BCUT2D eigenvalue weighted by Crippen LogP contribution is 2.22. The first-order valence-corrected chi connectivity index (χ1v) is 10.2. The molecule has 0 spiro atoms. The summed E-state index contributed by atoms with van der Waals surface area (Å²) >= 11 is 0. The predicted octanol–water partition coefficient (Wildman–Crippen LogP) is 3.35. The number of hydrogen-bond acceptors (Lipinski definition) is 5. The van der Waals surface area contributed by atoms with Crippen LogP contribution in [0.1, 0.15) is 25.0 Å². The zero-order chi connectivity index (χ0) is 19.8. The number of ether oxygens (including phenoxy) is 2. The summed E-state index contributed by atoms with van der Waals surface area (Å²) < 4.78 is 11.2. The molecule has 0 aromatic heterocycles. The molecule has 1 aliphatic heterocycles. The molecule has 2 aromatic rings. The van der Waals surface area contributed by atoms with Crippen LogP contribution in [0.25, 0.3) is 0 Å². The van der Waals surface area contributed by atoms with Gasteiger partial charge in [-0.05, 0) is 36.2 Å². The summed E-state index contributed by atoms with van der Waals surface area (Å²) in [7, 11) is 1.69. The third-order valence-corrected chi connectivity index (χ3v) is 5.31. The van der Waals surface area contributed by atoms with Crippen molar-refractivity contribution in [1.82, 2.24) is 4.90 Å². The zero-order valence-corrected chi connectivity index (χ0v) is 17.0. The van der Waals surface area contributed by atoms with Gasteiger partial charge in [-0.15, -0.1) is 0 Å². The average Bonchev–Trinajstić information content (AvgIpc) is 2.75. The third kappa shape index (κ3) is 5.71. The Morgan fingerprint density at radius 1 is 0.964 bits per heavy atom. The monoisotopic (exact) mass is 384 g/mol. The molecule has 1 aliphatic rings. The third-order valence-electron chi connectivity index (χ3n) is 5.31. The van der Waals surface area contributed by atoms with Crippen LogP contribution < -0.4 is 9.64 Å². The number of rotatable bonds is 9. The van der Waals surface area contributed by atoms with E-state index in [2.05, 4.69) is 41.0 Å². The molecule has 5 heteroatoms. The maximum atomic E-state index is 10.4. The van der Waals surface area contributed by atoms with E-state index >= 15 is 0 Å². The van der Waals surface area contributed by atoms with E-state index in [1.165, 1.54) is 11.3 Å². The Balaban J connectivity index is 1.41. The first-order chi connectivity index (χ1) is 13.7. The van der Waals surface area contributed by atoms with Gasteiger partial charge in [0, 0.05) is 38.4 Å². The molecule has 0 amide bonds. The first kappa shape index (κ1) is 20.6. The molecule has 2 atom stereocenters. The molecular weight excluding hydrogens is 352 g/mol. The van der Waals surface area contributed by atoms with Crippen molar-refractivity contribution in [3.8, 4) is 5.75 Å². The van der Waals surface area contributed by atoms with E-state index in [0.717, 1.165) is 38.3 Å². The number of methoxy groups -OCH3 is 1. The van der Waals surface area contributed by atoms with Crippen LogP contribution in [-0.2, 0) is 4.74 Å². The van der Waals surface area contributed by atoms with Gasteiger partial charge in [0.1, 0.15) is 5.75 Å². The highest BCUT2D eigenvalue weighted by molar-refractivity contribution is 5.49. The van der Waals surface area contributed by atoms with Gasteiger partial charge in [-0.25, -0.2) is 0 Å². The minimum Gasteiger partial charge on any atom is -0.497 e. The summed E-state index contributed by atoms with van der Waals surface area (Å²) in [5.41, 5.74) is 2.39. The van der Waals surface area contributed by atoms with Gasteiger partial charge in [0.25, 0.3) is 0 Å². The fourth-order valence-corrected chi connectivity index (χ4v) is 3.68. The van der Waals surface area contributed by atoms with E-state index in [1.54, 1.807) is 7.11 Å². The molecule has 0 unspecified atom stereocenters. The topological polar surface area (TPSA) is 45.2 Å². The minimum atomic E-state index is -0.467. The molecule has 1 N–H and O–H groups in total. The van der Waals surface area contributed by atoms with Crippen molar-refractivity contribution >= 4 is 5.69 Å². The van der Waals surface area contributed by atoms with Crippen molar-refractivity contribution in [2.24, 2.45) is 0 Å². The lowest BCUT2D eigenvalue weighted by molar-refractivity contribution is -0.0240. The summed E-state index contributed by atoms with van der Waals surface area (Å²) in [5, 5.41) is 10.4. The van der Waals surface area contributed by atoms with Crippen LogP contribution in [0, 0.1) is 0 Å². The molecule has 0 radical (unpaired) electrons. The van der Waals surface area contributed by atoms with Crippen LogP contribution >= 0.6 is 0 Å². The number of aliphatic hydroxyl groups excluding tert-OH is 1. The fourth-order valence-electron chi connectivity index (χ4n) is 3.68. The second kappa shape index (κ2) is 10.5. The Labute approximate surface area is 168 Å². The quantitative estimate of drug-likeness (QED) is 0.718. The largest absolute Gasteiger partial charge is 0.497 e. The van der Waals surface area contributed by atoms with E-state index in [4.69, 9.17) is 9.47 Å². The lowest BCUT2D eigenvalue weighted by atomic mass is 10.1. The SMILES string of the molecule is CC[C@@H](OC[C@@H](O)CN1CCN(c2ccc(OC)cc2)CC1)c1ccccc1. The molecule has 1 fully saturated rings. The van der Waals surface area contributed by atoms with E-state index in [-0.39, 0.29) is 6.10 Å². The van der Waals surface area contributed by atoms with E-state index in [1.807, 2.05) is 30.3 Å². The van der Waals surface area contributed by atoms with Crippen LogP contribution in [0.5, 0.6) is 5.75 Å². The number of piperazine rings is 1. The highest BCUT2D eigenvalue weighted by Gasteiger charge is 2.20. The summed E-state index contributed by atoms with van der Waals surface area (Å²) in [6.45, 7) is 6.94. The Morgan fingerprint density at radius 2 is 1.64 bits per heavy atom. The molecule has 0 saturated carbocycles. The predicted molar refractivity (Wildman–Crippen MR) is 113 cm³/mol. The smallest absolute Gasteiger partial charge is 0.119 e. The van der Waals surface area contributed by atoms with Gasteiger partial charge in [0.15, 0.2) is 0 Å². The molecule has 2 aromatic carbocycles. The summed E-state index contributed by atoms with van der Waals surface area (Å²) in [4.78, 5) is 4.69. The molecule has 0 aliphatic carbocycles. The fraction of sp³-hybridized carbons (Fsp3) is 0.478. The minimum absolute atomic E-state index is 0.0442. The summed E-state index contributed by atoms with van der Waals surface area (Å²) in [6, 6.07) is 18.4. The second-order valence-corrected chi connectivity index (χ2v) is 7.28. The van der Waals surface area contributed by atoms with Crippen molar-refractivity contribution in [3.05, 3.63) is 60.2 Å². The second-order valence-electron chi connectivity index (χ2n) is 7.28. The summed E-state index contributed by atoms with van der Waals surface area (Å²) in [6.07, 6.45) is 0.477. The molecule has 0 bridgehead atoms. The Morgan fingerprint density at radius 3 is 2.25 bits per heavy atom. The molecule has 5 nitrogen and oxygen atoms in total. The van der Waals surface area contributed by atoms with Crippen molar-refractivity contribution in [2.75, 3.05) is 51.3 Å². The molecular formula is C23H32N2O3. The van der Waals surface area contributed by atoms with Crippen LogP contribution in [0.2, 0.25) is 0 Å². The highest BCUT2D eigenvalue weighted by atomic mass is 16.5. The van der Waals surface area contributed by atoms with Crippen molar-refractivity contribution in [3.63, 3.8) is 0 Å². The van der Waals surface area contributed by atoms with Crippen LogP contribution in [-0.4, -0.2) is 62.6 Å². The lowest BCUT2D eigenvalue weighted by Gasteiger charge is -2.37. The van der Waals surface area contributed by atoms with Gasteiger partial charge < -0.3 is 19.5 Å². The number of aliphatic hydroxyl groups is 1. The maximum absolute atomic E-state index is 10.4. The van der Waals surface area contributed by atoms with Crippen LogP contribution in [0.3, 0.4) is 0 Å². The summed E-state index contributed by atoms with van der Waals surface area (Å²) in [5.74, 6) is 0.881. The van der Waals surface area contributed by atoms with Gasteiger partial charge in [0.05, 0.1) is 25.9 Å². The molecule has 152 valence electrons. The Kier molecular flexibility index (Phi) is 7.71. The Bertz CT molecular complexity index is 685. The zero-order valence-electron chi connectivity index (χ0n) is 17.0.